The third-order valence-corrected chi connectivity index (χ3v) is 2.84. The summed E-state index contributed by atoms with van der Waals surface area (Å²) in [6.07, 6.45) is 0. The molecule has 0 saturated carbocycles. The van der Waals surface area contributed by atoms with E-state index in [2.05, 4.69) is 15.3 Å². The van der Waals surface area contributed by atoms with Crippen LogP contribution in [0.5, 0.6) is 0 Å². The molecule has 0 aliphatic heterocycles. The summed E-state index contributed by atoms with van der Waals surface area (Å²) in [5, 5.41) is 2.05. The van der Waals surface area contributed by atoms with Crippen molar-refractivity contribution in [1.82, 2.24) is 9.97 Å². The number of nitrogens with zero attached hydrogens (tertiary/aromatic N) is 2. The molecule has 2 N–H and O–H groups in total. The van der Waals surface area contributed by atoms with E-state index in [1.807, 2.05) is 13.8 Å². The number of anilines is 1. The van der Waals surface area contributed by atoms with Crippen LogP contribution in [0, 0.1) is 13.8 Å². The van der Waals surface area contributed by atoms with Gasteiger partial charge in [0.15, 0.2) is 0 Å². The van der Waals surface area contributed by atoms with Gasteiger partial charge in [0.05, 0.1) is 10.2 Å². The second kappa shape index (κ2) is 2.42. The molecule has 0 aliphatic rings. The normalized spacial score (nSPS) is 10.8. The van der Waals surface area contributed by atoms with Crippen LogP contribution in [0.25, 0.3) is 10.2 Å². The number of nitrogen functional groups attached to an aromatic ring is 1. The summed E-state index contributed by atoms with van der Waals surface area (Å²) >= 11 is 1.60. The number of aromatic nitrogens is 2. The Morgan fingerprint density at radius 3 is 2.83 bits per heavy atom. The molecule has 0 fully saturated rings. The van der Waals surface area contributed by atoms with Crippen molar-refractivity contribution >= 4 is 27.4 Å². The highest BCUT2D eigenvalue weighted by molar-refractivity contribution is 7.17. The van der Waals surface area contributed by atoms with Crippen LogP contribution in [0.2, 0.25) is 0 Å². The highest BCUT2D eigenvalue weighted by Gasteiger charge is 2.06. The fourth-order valence-corrected chi connectivity index (χ4v) is 2.06. The number of thiophene rings is 1. The van der Waals surface area contributed by atoms with Gasteiger partial charge in [0.25, 0.3) is 0 Å². The molecule has 2 heterocycles. The Kier molecular flexibility index (Phi) is 1.51. The Hall–Kier alpha value is -1.16. The fourth-order valence-electron chi connectivity index (χ4n) is 1.17. The van der Waals surface area contributed by atoms with Gasteiger partial charge in [0.2, 0.25) is 0 Å². The molecule has 3 nitrogen and oxygen atoms in total. The Morgan fingerprint density at radius 2 is 2.08 bits per heavy atom. The molecule has 12 heavy (non-hydrogen) atoms. The maximum Gasteiger partial charge on any atom is 0.145 e. The zero-order valence-corrected chi connectivity index (χ0v) is 7.77. The maximum atomic E-state index is 5.73. The molecule has 2 rings (SSSR count). The van der Waals surface area contributed by atoms with E-state index in [0.29, 0.717) is 5.82 Å². The Balaban J connectivity index is 2.92. The van der Waals surface area contributed by atoms with Gasteiger partial charge in [-0.15, -0.1) is 11.3 Å². The van der Waals surface area contributed by atoms with Crippen molar-refractivity contribution in [1.29, 1.82) is 0 Å². The number of nitrogens with two attached hydrogens (primary N) is 1. The first kappa shape index (κ1) is 7.49. The molecule has 0 radical (unpaired) electrons. The molecule has 0 aliphatic carbocycles. The van der Waals surface area contributed by atoms with Crippen LogP contribution in [0.4, 0.5) is 5.82 Å². The fraction of sp³-hybridized carbons (Fsp3) is 0.250. The maximum absolute atomic E-state index is 5.73. The minimum Gasteiger partial charge on any atom is -0.382 e. The standard InChI is InChI=1S/C8H9N3S/c1-4-3-12-7-6(4)10-5(2)11-8(7)9/h3H,1-2H3,(H2,9,10,11). The van der Waals surface area contributed by atoms with E-state index >= 15 is 0 Å². The quantitative estimate of drug-likeness (QED) is 0.672. The van der Waals surface area contributed by atoms with Crippen LogP contribution in [-0.4, -0.2) is 9.97 Å². The highest BCUT2D eigenvalue weighted by Crippen LogP contribution is 2.27. The number of fused-ring (bicyclic) bond motifs is 1. The summed E-state index contributed by atoms with van der Waals surface area (Å²) in [6.45, 7) is 3.89. The number of hydrogen-bond donors (Lipinski definition) is 1. The van der Waals surface area contributed by atoms with E-state index < -0.39 is 0 Å². The summed E-state index contributed by atoms with van der Waals surface area (Å²) in [7, 11) is 0. The van der Waals surface area contributed by atoms with Gasteiger partial charge >= 0.3 is 0 Å². The zero-order valence-electron chi connectivity index (χ0n) is 6.96. The van der Waals surface area contributed by atoms with Crippen molar-refractivity contribution in [3.63, 3.8) is 0 Å². The molecule has 0 spiro atoms. The van der Waals surface area contributed by atoms with Crippen molar-refractivity contribution in [2.24, 2.45) is 0 Å². The molecule has 62 valence electrons. The molecule has 0 amide bonds. The van der Waals surface area contributed by atoms with Gasteiger partial charge in [-0.1, -0.05) is 0 Å². The van der Waals surface area contributed by atoms with Gasteiger partial charge in [-0.2, -0.15) is 0 Å². The summed E-state index contributed by atoms with van der Waals surface area (Å²) in [6, 6.07) is 0. The van der Waals surface area contributed by atoms with E-state index in [9.17, 15) is 0 Å². The van der Waals surface area contributed by atoms with Gasteiger partial charge in [0, 0.05) is 0 Å². The summed E-state index contributed by atoms with van der Waals surface area (Å²) in [4.78, 5) is 8.41. The van der Waals surface area contributed by atoms with Crippen LogP contribution in [-0.2, 0) is 0 Å². The van der Waals surface area contributed by atoms with Gasteiger partial charge in [-0.05, 0) is 24.8 Å². The van der Waals surface area contributed by atoms with Crippen LogP contribution < -0.4 is 5.73 Å². The molecule has 0 atom stereocenters. The molecule has 4 heteroatoms. The van der Waals surface area contributed by atoms with Gasteiger partial charge < -0.3 is 5.73 Å². The lowest BCUT2D eigenvalue weighted by Crippen LogP contribution is -1.95. The van der Waals surface area contributed by atoms with Crippen molar-refractivity contribution in [2.75, 3.05) is 5.73 Å². The summed E-state index contributed by atoms with van der Waals surface area (Å²) < 4.78 is 0.998. The first-order valence-corrected chi connectivity index (χ1v) is 4.54. The molecule has 0 saturated heterocycles. The zero-order chi connectivity index (χ0) is 8.72. The molecule has 0 unspecified atom stereocenters. The second-order valence-corrected chi connectivity index (χ2v) is 3.63. The average Bonchev–Trinajstić information content (AvgIpc) is 2.33. The lowest BCUT2D eigenvalue weighted by atomic mass is 10.3. The van der Waals surface area contributed by atoms with Crippen molar-refractivity contribution in [2.45, 2.75) is 13.8 Å². The SMILES string of the molecule is Cc1nc(N)c2scc(C)c2n1. The Bertz CT molecular complexity index is 433. The number of hydrogen-bond acceptors (Lipinski definition) is 4. The first-order chi connectivity index (χ1) is 5.68. The van der Waals surface area contributed by atoms with Crippen molar-refractivity contribution in [3.8, 4) is 0 Å². The number of rotatable bonds is 0. The second-order valence-electron chi connectivity index (χ2n) is 2.75. The van der Waals surface area contributed by atoms with Crippen molar-refractivity contribution < 1.29 is 0 Å². The smallest absolute Gasteiger partial charge is 0.145 e. The first-order valence-electron chi connectivity index (χ1n) is 3.66. The molecular weight excluding hydrogens is 170 g/mol. The Morgan fingerprint density at radius 1 is 1.33 bits per heavy atom. The van der Waals surface area contributed by atoms with E-state index in [1.54, 1.807) is 11.3 Å². The predicted molar refractivity (Wildman–Crippen MR) is 51.3 cm³/mol. The minimum atomic E-state index is 0.593. The summed E-state index contributed by atoms with van der Waals surface area (Å²) in [5.41, 5.74) is 7.89. The molecule has 2 aromatic heterocycles. The largest absolute Gasteiger partial charge is 0.382 e. The highest BCUT2D eigenvalue weighted by atomic mass is 32.1. The topological polar surface area (TPSA) is 51.8 Å². The van der Waals surface area contributed by atoms with Crippen molar-refractivity contribution in [3.05, 3.63) is 16.8 Å². The third-order valence-electron chi connectivity index (χ3n) is 1.73. The van der Waals surface area contributed by atoms with E-state index in [-0.39, 0.29) is 0 Å². The Labute approximate surface area is 74.3 Å². The van der Waals surface area contributed by atoms with Crippen LogP contribution >= 0.6 is 11.3 Å². The molecule has 0 bridgehead atoms. The van der Waals surface area contributed by atoms with Crippen LogP contribution in [0.15, 0.2) is 5.38 Å². The van der Waals surface area contributed by atoms with E-state index in [0.717, 1.165) is 16.0 Å². The van der Waals surface area contributed by atoms with Gasteiger partial charge in [0.1, 0.15) is 11.6 Å². The lowest BCUT2D eigenvalue weighted by molar-refractivity contribution is 1.10. The van der Waals surface area contributed by atoms with E-state index in [4.69, 9.17) is 5.73 Å². The third kappa shape index (κ3) is 0.956. The average molecular weight is 179 g/mol. The van der Waals surface area contributed by atoms with Gasteiger partial charge in [-0.25, -0.2) is 9.97 Å². The van der Waals surface area contributed by atoms with Gasteiger partial charge in [-0.3, -0.25) is 0 Å². The number of aryl methyl sites for hydroxylation is 2. The minimum absolute atomic E-state index is 0.593. The monoisotopic (exact) mass is 179 g/mol. The van der Waals surface area contributed by atoms with E-state index in [1.165, 1.54) is 5.56 Å². The molecule has 0 aromatic carbocycles. The lowest BCUT2D eigenvalue weighted by Gasteiger charge is -1.96. The molecule has 2 aromatic rings. The predicted octanol–water partition coefficient (Wildman–Crippen LogP) is 1.89. The molecular formula is C8H9N3S. The summed E-state index contributed by atoms with van der Waals surface area (Å²) in [5.74, 6) is 1.33. The van der Waals surface area contributed by atoms with Crippen LogP contribution in [0.1, 0.15) is 11.4 Å². The van der Waals surface area contributed by atoms with Crippen LogP contribution in [0.3, 0.4) is 0 Å².